The van der Waals surface area contributed by atoms with Gasteiger partial charge in [-0.2, -0.15) is 0 Å². The number of nitrogens with one attached hydrogen (secondary N) is 5. The number of benzene rings is 3. The number of nitrogens with zero attached hydrogens (tertiary/aromatic N) is 1. The summed E-state index contributed by atoms with van der Waals surface area (Å²) < 4.78 is 15.7. The van der Waals surface area contributed by atoms with E-state index in [9.17, 15) is 9.59 Å². The molecule has 0 aromatic heterocycles. The maximum absolute atomic E-state index is 15.3. The Morgan fingerprint density at radius 1 is 1.07 bits per heavy atom. The van der Waals surface area contributed by atoms with Gasteiger partial charge in [0.2, 0.25) is 18.7 Å². The van der Waals surface area contributed by atoms with Crippen molar-refractivity contribution in [1.82, 2.24) is 10.6 Å². The fourth-order valence-corrected chi connectivity index (χ4v) is 3.53. The van der Waals surface area contributed by atoms with Crippen molar-refractivity contribution in [1.29, 1.82) is 10.8 Å². The molecule has 0 spiro atoms. The second-order valence-corrected chi connectivity index (χ2v) is 8.35. The predicted octanol–water partition coefficient (Wildman–Crippen LogP) is 1.59. The van der Waals surface area contributed by atoms with E-state index in [0.717, 1.165) is 16.8 Å². The largest absolute Gasteiger partial charge is 1.00 e. The number of carbonyl (C=O) groups is 3. The molecule has 40 heavy (non-hydrogen) atoms. The maximum Gasteiger partial charge on any atom is 1.00 e. The van der Waals surface area contributed by atoms with Crippen molar-refractivity contribution < 1.29 is 70.2 Å². The summed E-state index contributed by atoms with van der Waals surface area (Å²) in [4.78, 5) is 33.6. The van der Waals surface area contributed by atoms with Crippen LogP contribution in [0.2, 0.25) is 0 Å². The number of rotatable bonds is 8. The summed E-state index contributed by atoms with van der Waals surface area (Å²) in [6.07, 6.45) is 1.97. The first-order valence-corrected chi connectivity index (χ1v) is 11.9. The van der Waals surface area contributed by atoms with E-state index < -0.39 is 17.4 Å². The van der Waals surface area contributed by atoms with Crippen molar-refractivity contribution in [3.8, 4) is 11.1 Å². The Morgan fingerprint density at radius 3 is 2.20 bits per heavy atom. The van der Waals surface area contributed by atoms with Gasteiger partial charge in [0.1, 0.15) is 0 Å². The van der Waals surface area contributed by atoms with Crippen molar-refractivity contribution in [2.75, 3.05) is 31.4 Å². The normalized spacial score (nSPS) is 8.95. The van der Waals surface area contributed by atoms with Gasteiger partial charge in [-0.15, -0.1) is 18.2 Å². The molecule has 9 nitrogen and oxygen atoms in total. The number of amides is 3. The van der Waals surface area contributed by atoms with Gasteiger partial charge in [0, 0.05) is 28.7 Å². The van der Waals surface area contributed by atoms with Crippen LogP contribution in [0.15, 0.2) is 59.1 Å². The minimum absolute atomic E-state index is 0. The van der Waals surface area contributed by atoms with Crippen LogP contribution in [0.3, 0.4) is 0 Å². The SMILES string of the molecule is CNC.CNC=O.Cc1cccc(NC(=O)C(=N)c2[c-]ccc(-c3ccc(N(C=N)C=O)cc3Br)c2F)c1.[CH3-].[K+]. The molecule has 3 amide bonds. The molecule has 0 saturated heterocycles. The van der Waals surface area contributed by atoms with E-state index in [-0.39, 0.29) is 69.9 Å². The molecule has 0 heterocycles. The molecule has 3 aromatic rings. The van der Waals surface area contributed by atoms with Gasteiger partial charge in [0.05, 0.1) is 12.0 Å². The van der Waals surface area contributed by atoms with Gasteiger partial charge < -0.3 is 28.8 Å². The predicted molar refractivity (Wildman–Crippen MR) is 159 cm³/mol. The molecule has 0 atom stereocenters. The molecule has 0 aliphatic heterocycles. The van der Waals surface area contributed by atoms with E-state index in [1.807, 2.05) is 27.1 Å². The first kappa shape index (κ1) is 39.6. The molecule has 0 radical (unpaired) electrons. The molecular weight excluding hydrogens is 606 g/mol. The molecule has 0 aliphatic carbocycles. The number of aryl methyl sites for hydroxylation is 1. The van der Waals surface area contributed by atoms with Crippen LogP contribution in [0.25, 0.3) is 11.1 Å². The van der Waals surface area contributed by atoms with E-state index in [1.165, 1.54) is 12.1 Å². The van der Waals surface area contributed by atoms with Gasteiger partial charge in [0.15, 0.2) is 0 Å². The van der Waals surface area contributed by atoms with Gasteiger partial charge in [0.25, 0.3) is 0 Å². The Kier molecular flexibility index (Phi) is 21.0. The molecule has 0 saturated carbocycles. The topological polar surface area (TPSA) is 138 Å². The molecule has 208 valence electrons. The average Bonchev–Trinajstić information content (AvgIpc) is 2.90. The van der Waals surface area contributed by atoms with Crippen LogP contribution in [-0.4, -0.2) is 51.9 Å². The number of anilines is 2. The maximum atomic E-state index is 15.3. The first-order chi connectivity index (χ1) is 18.2. The molecule has 0 aliphatic rings. The molecule has 0 fully saturated rings. The monoisotopic (exact) mass is 637 g/mol. The third kappa shape index (κ3) is 11.9. The van der Waals surface area contributed by atoms with Gasteiger partial charge >= 0.3 is 51.4 Å². The quantitative estimate of drug-likeness (QED) is 0.0842. The fourth-order valence-electron chi connectivity index (χ4n) is 2.95. The van der Waals surface area contributed by atoms with Gasteiger partial charge in [-0.25, -0.2) is 0 Å². The molecule has 3 aromatic carbocycles. The summed E-state index contributed by atoms with van der Waals surface area (Å²) in [5.41, 5.74) is 1.68. The van der Waals surface area contributed by atoms with E-state index >= 15 is 4.39 Å². The van der Waals surface area contributed by atoms with Gasteiger partial charge in [-0.1, -0.05) is 45.3 Å². The van der Waals surface area contributed by atoms with Crippen LogP contribution in [0.5, 0.6) is 0 Å². The number of halogens is 2. The summed E-state index contributed by atoms with van der Waals surface area (Å²) in [6, 6.07) is 17.3. The van der Waals surface area contributed by atoms with Crippen LogP contribution >= 0.6 is 15.9 Å². The van der Waals surface area contributed by atoms with Gasteiger partial charge in [-0.3, -0.25) is 29.1 Å². The van der Waals surface area contributed by atoms with Crippen LogP contribution in [0.1, 0.15) is 11.1 Å². The Bertz CT molecular complexity index is 1280. The van der Waals surface area contributed by atoms with Gasteiger partial charge in [-0.05, 0) is 56.4 Å². The van der Waals surface area contributed by atoms with Crippen molar-refractivity contribution in [2.45, 2.75) is 6.92 Å². The zero-order valence-electron chi connectivity index (χ0n) is 23.4. The van der Waals surface area contributed by atoms with E-state index in [2.05, 4.69) is 37.9 Å². The first-order valence-electron chi connectivity index (χ1n) is 11.1. The van der Waals surface area contributed by atoms with Crippen molar-refractivity contribution in [2.24, 2.45) is 0 Å². The summed E-state index contributed by atoms with van der Waals surface area (Å²) >= 11 is 3.36. The molecule has 12 heteroatoms. The van der Waals surface area contributed by atoms with E-state index in [4.69, 9.17) is 15.6 Å². The van der Waals surface area contributed by atoms with Crippen LogP contribution in [0, 0.1) is 37.1 Å². The van der Waals surface area contributed by atoms with Crippen LogP contribution in [0.4, 0.5) is 15.8 Å². The summed E-state index contributed by atoms with van der Waals surface area (Å²) in [6.45, 7) is 1.87. The minimum Gasteiger partial charge on any atom is -0.362 e. The average molecular weight is 639 g/mol. The zero-order valence-corrected chi connectivity index (χ0v) is 28.1. The fraction of sp³-hybridized carbons (Fsp3) is 0.143. The van der Waals surface area contributed by atoms with Crippen molar-refractivity contribution >= 4 is 58.1 Å². The molecular formula is C28H32BrFKN6O3-. The van der Waals surface area contributed by atoms with Crippen LogP contribution < -0.4 is 72.2 Å². The van der Waals surface area contributed by atoms with E-state index in [1.54, 1.807) is 43.4 Å². The standard InChI is InChI=1S/C23H17BrFN4O2.C2H5NO.C2H7N.CH3.K/c1-14-4-2-5-15(10-14)28-23(31)22(27)19-7-3-6-18(21(19)25)17-9-8-16(11-20(17)24)29(12-26)13-30;1-3-2-4;1-3-2;;/h2-6,8-13,26-27H,1H3,(H,28,31);2H,1H3,(H,3,4);3H,1-2H3;1H3;/q-1;;;-1;+1. The number of hydrogen-bond donors (Lipinski definition) is 5. The van der Waals surface area contributed by atoms with Crippen molar-refractivity contribution in [3.63, 3.8) is 0 Å². The van der Waals surface area contributed by atoms with Crippen LogP contribution in [-0.2, 0) is 14.4 Å². The summed E-state index contributed by atoms with van der Waals surface area (Å²) in [5, 5.41) is 23.0. The summed E-state index contributed by atoms with van der Waals surface area (Å²) in [7, 11) is 5.31. The number of carbonyl (C=O) groups excluding carboxylic acids is 3. The second-order valence-electron chi connectivity index (χ2n) is 7.49. The Labute approximate surface area is 285 Å². The Hall–Kier alpha value is -2.58. The number of hydrogen-bond acceptors (Lipinski definition) is 6. The third-order valence-electron chi connectivity index (χ3n) is 4.60. The third-order valence-corrected chi connectivity index (χ3v) is 5.25. The molecule has 5 N–H and O–H groups in total. The Morgan fingerprint density at radius 2 is 1.70 bits per heavy atom. The van der Waals surface area contributed by atoms with Crippen molar-refractivity contribution in [3.05, 3.63) is 89.5 Å². The molecule has 0 bridgehead atoms. The molecule has 0 unspecified atom stereocenters. The molecule has 3 rings (SSSR count). The second kappa shape index (κ2) is 21.2. The Balaban J connectivity index is 0. The minimum atomic E-state index is -0.764. The zero-order chi connectivity index (χ0) is 28.7. The smallest absolute Gasteiger partial charge is 0.362 e. The summed E-state index contributed by atoms with van der Waals surface area (Å²) in [5.74, 6) is -1.51. The van der Waals surface area contributed by atoms with E-state index in [0.29, 0.717) is 34.2 Å².